The van der Waals surface area contributed by atoms with Gasteiger partial charge in [-0.3, -0.25) is 0 Å². The van der Waals surface area contributed by atoms with Gasteiger partial charge in [0.05, 0.1) is 6.61 Å². The molecular formula is C5H11O5+. The zero-order valence-electron chi connectivity index (χ0n) is 6.21. The number of hydrogen-bond donors (Lipinski definition) is 4. The van der Waals surface area contributed by atoms with E-state index in [1.807, 2.05) is 0 Å². The number of rotatable bonds is 0. The van der Waals surface area contributed by atoms with Crippen molar-refractivity contribution in [1.82, 2.24) is 0 Å². The van der Waals surface area contributed by atoms with E-state index in [0.29, 0.717) is 0 Å². The quantitative estimate of drug-likeness (QED) is 0.308. The summed E-state index contributed by atoms with van der Waals surface area (Å²) in [7, 11) is 0. The second-order valence-corrected chi connectivity index (χ2v) is 2.27. The zero-order chi connectivity index (χ0) is 7.72. The minimum absolute atomic E-state index is 0. The molecule has 5 nitrogen and oxygen atoms in total. The summed E-state index contributed by atoms with van der Waals surface area (Å²) in [5.74, 6) is 0. The van der Waals surface area contributed by atoms with Gasteiger partial charge >= 0.3 is 1.43 Å². The Bertz CT molecular complexity index is 107. The molecule has 0 bridgehead atoms. The molecular weight excluding hydrogens is 140 g/mol. The van der Waals surface area contributed by atoms with Crippen molar-refractivity contribution in [2.24, 2.45) is 0 Å². The fourth-order valence-electron chi connectivity index (χ4n) is 0.791. The smallest absolute Gasteiger partial charge is 0.388 e. The van der Waals surface area contributed by atoms with Crippen LogP contribution in [0.25, 0.3) is 0 Å². The van der Waals surface area contributed by atoms with Gasteiger partial charge in [0.15, 0.2) is 6.29 Å². The summed E-state index contributed by atoms with van der Waals surface area (Å²) in [6.45, 7) is -0.153. The lowest BCUT2D eigenvalue weighted by Crippen LogP contribution is -2.52. The molecule has 1 rings (SSSR count). The highest BCUT2D eigenvalue weighted by Gasteiger charge is 2.36. The molecule has 1 aliphatic heterocycles. The first-order chi connectivity index (χ1) is 4.63. The Balaban J connectivity index is 0.000001000. The Kier molecular flexibility index (Phi) is 2.22. The Hall–Kier alpha value is -0.200. The van der Waals surface area contributed by atoms with E-state index in [1.165, 1.54) is 0 Å². The molecule has 0 aromatic rings. The van der Waals surface area contributed by atoms with Gasteiger partial charge in [-0.05, 0) is 0 Å². The molecule has 5 heteroatoms. The highest BCUT2D eigenvalue weighted by Crippen LogP contribution is 2.12. The third-order valence-corrected chi connectivity index (χ3v) is 1.47. The molecule has 1 saturated heterocycles. The number of aliphatic hydroxyl groups is 4. The van der Waals surface area contributed by atoms with Gasteiger partial charge in [-0.25, -0.2) is 0 Å². The minimum Gasteiger partial charge on any atom is -0.388 e. The molecule has 0 aromatic heterocycles. The van der Waals surface area contributed by atoms with Crippen molar-refractivity contribution < 1.29 is 26.6 Å². The van der Waals surface area contributed by atoms with Crippen molar-refractivity contribution >= 4 is 0 Å². The summed E-state index contributed by atoms with van der Waals surface area (Å²) in [6.07, 6.45) is -5.23. The summed E-state index contributed by atoms with van der Waals surface area (Å²) in [5.41, 5.74) is 0. The van der Waals surface area contributed by atoms with Crippen LogP contribution < -0.4 is 0 Å². The van der Waals surface area contributed by atoms with Crippen molar-refractivity contribution in [3.63, 3.8) is 0 Å². The van der Waals surface area contributed by atoms with Gasteiger partial charge < -0.3 is 25.2 Å². The van der Waals surface area contributed by atoms with Crippen LogP contribution in [0, 0.1) is 0 Å². The van der Waals surface area contributed by atoms with Gasteiger partial charge in [-0.1, -0.05) is 0 Å². The van der Waals surface area contributed by atoms with Crippen LogP contribution >= 0.6 is 0 Å². The Morgan fingerprint density at radius 1 is 1.10 bits per heavy atom. The maximum absolute atomic E-state index is 8.88. The molecule has 0 saturated carbocycles. The number of hydrogen-bond acceptors (Lipinski definition) is 5. The summed E-state index contributed by atoms with van der Waals surface area (Å²) in [4.78, 5) is 0. The van der Waals surface area contributed by atoms with Crippen LogP contribution in [0.2, 0.25) is 0 Å². The molecule has 0 spiro atoms. The molecule has 0 unspecified atom stereocenters. The third-order valence-electron chi connectivity index (χ3n) is 1.47. The molecule has 10 heavy (non-hydrogen) atoms. The van der Waals surface area contributed by atoms with E-state index in [4.69, 9.17) is 20.4 Å². The highest BCUT2D eigenvalue weighted by atomic mass is 16.6. The fourth-order valence-corrected chi connectivity index (χ4v) is 0.791. The monoisotopic (exact) mass is 151 g/mol. The van der Waals surface area contributed by atoms with E-state index in [2.05, 4.69) is 4.74 Å². The Morgan fingerprint density at radius 3 is 2.20 bits per heavy atom. The lowest BCUT2D eigenvalue weighted by atomic mass is 10.1. The predicted molar refractivity (Wildman–Crippen MR) is 31.1 cm³/mol. The second kappa shape index (κ2) is 2.81. The maximum atomic E-state index is 8.88. The molecule has 4 N–H and O–H groups in total. The first-order valence-corrected chi connectivity index (χ1v) is 2.97. The first-order valence-electron chi connectivity index (χ1n) is 2.97. The maximum Gasteiger partial charge on any atom is 1.00 e. The van der Waals surface area contributed by atoms with Crippen molar-refractivity contribution in [3.8, 4) is 0 Å². The van der Waals surface area contributed by atoms with E-state index in [1.54, 1.807) is 0 Å². The van der Waals surface area contributed by atoms with Crippen molar-refractivity contribution in [2.75, 3.05) is 6.61 Å². The van der Waals surface area contributed by atoms with Gasteiger partial charge in [-0.2, -0.15) is 0 Å². The van der Waals surface area contributed by atoms with Crippen LogP contribution in [-0.2, 0) is 4.74 Å². The predicted octanol–water partition coefficient (Wildman–Crippen LogP) is -2.47. The summed E-state index contributed by atoms with van der Waals surface area (Å²) < 4.78 is 4.47. The first kappa shape index (κ1) is 7.90. The van der Waals surface area contributed by atoms with Crippen molar-refractivity contribution in [3.05, 3.63) is 0 Å². The number of aliphatic hydroxyl groups excluding tert-OH is 4. The highest BCUT2D eigenvalue weighted by molar-refractivity contribution is 4.81. The Labute approximate surface area is 59.0 Å². The SMILES string of the molecule is O[C@@H]1[C@@H](O)[C@H](O)OC[C@H]1O.[H+]. The van der Waals surface area contributed by atoms with Gasteiger partial charge in [-0.15, -0.1) is 0 Å². The molecule has 0 amide bonds. The molecule has 1 heterocycles. The molecule has 0 aliphatic carbocycles. The van der Waals surface area contributed by atoms with Gasteiger partial charge in [0.2, 0.25) is 0 Å². The van der Waals surface area contributed by atoms with Crippen LogP contribution in [0.5, 0.6) is 0 Å². The fraction of sp³-hybridized carbons (Fsp3) is 1.00. The van der Waals surface area contributed by atoms with E-state index in [-0.39, 0.29) is 8.03 Å². The van der Waals surface area contributed by atoms with Gasteiger partial charge in [0.25, 0.3) is 0 Å². The van der Waals surface area contributed by atoms with Crippen LogP contribution in [0.3, 0.4) is 0 Å². The lowest BCUT2D eigenvalue weighted by Gasteiger charge is -2.31. The van der Waals surface area contributed by atoms with E-state index >= 15 is 0 Å². The molecule has 0 radical (unpaired) electrons. The normalized spacial score (nSPS) is 49.2. The third kappa shape index (κ3) is 1.28. The zero-order valence-corrected chi connectivity index (χ0v) is 5.21. The average Bonchev–Trinajstić information content (AvgIpc) is 1.93. The molecule has 1 aliphatic rings. The van der Waals surface area contributed by atoms with Crippen LogP contribution in [-0.4, -0.2) is 51.6 Å². The topological polar surface area (TPSA) is 90.2 Å². The largest absolute Gasteiger partial charge is 1.00 e. The molecule has 60 valence electrons. The summed E-state index contributed by atoms with van der Waals surface area (Å²) in [6, 6.07) is 0. The van der Waals surface area contributed by atoms with Crippen molar-refractivity contribution in [2.45, 2.75) is 24.6 Å². The minimum atomic E-state index is -1.41. The Morgan fingerprint density at radius 2 is 1.70 bits per heavy atom. The van der Waals surface area contributed by atoms with E-state index in [9.17, 15) is 0 Å². The van der Waals surface area contributed by atoms with E-state index in [0.717, 1.165) is 0 Å². The van der Waals surface area contributed by atoms with E-state index < -0.39 is 24.6 Å². The molecule has 1 fully saturated rings. The summed E-state index contributed by atoms with van der Waals surface area (Å²) >= 11 is 0. The van der Waals surface area contributed by atoms with Crippen LogP contribution in [0.1, 0.15) is 1.43 Å². The molecule has 0 aromatic carbocycles. The standard InChI is InChI=1S/C5H10O5/c6-2-1-10-5(9)4(8)3(2)7/h2-9H,1H2/p+1/t2-,3+,4-,5-/m1/s1. The van der Waals surface area contributed by atoms with Gasteiger partial charge in [0, 0.05) is 0 Å². The lowest BCUT2D eigenvalue weighted by molar-refractivity contribution is -0.252. The van der Waals surface area contributed by atoms with Crippen LogP contribution in [0.15, 0.2) is 0 Å². The average molecular weight is 151 g/mol. The second-order valence-electron chi connectivity index (χ2n) is 2.27. The van der Waals surface area contributed by atoms with Crippen LogP contribution in [0.4, 0.5) is 0 Å². The summed E-state index contributed by atoms with van der Waals surface area (Å²) in [5, 5.41) is 35.3. The number of ether oxygens (including phenoxy) is 1. The van der Waals surface area contributed by atoms with Crippen molar-refractivity contribution in [1.29, 1.82) is 0 Å². The van der Waals surface area contributed by atoms with Gasteiger partial charge in [0.1, 0.15) is 18.3 Å². The molecule has 4 atom stereocenters.